The van der Waals surface area contributed by atoms with E-state index in [1.165, 1.54) is 24.3 Å². The Hall–Kier alpha value is -1.30. The minimum absolute atomic E-state index is 0. The van der Waals surface area contributed by atoms with E-state index in [4.69, 9.17) is 10.2 Å². The van der Waals surface area contributed by atoms with E-state index in [2.05, 4.69) is 24.8 Å². The van der Waals surface area contributed by atoms with Gasteiger partial charge in [-0.25, -0.2) is 9.59 Å². The van der Waals surface area contributed by atoms with E-state index in [9.17, 15) is 9.59 Å². The van der Waals surface area contributed by atoms with Crippen LogP contribution in [0.2, 0.25) is 0 Å². The van der Waals surface area contributed by atoms with E-state index in [1.807, 2.05) is 0 Å². The molecule has 12 heteroatoms. The molecule has 0 aliphatic rings. The fourth-order valence-electron chi connectivity index (χ4n) is 0.856. The molecule has 20 heavy (non-hydrogen) atoms. The molecule has 0 radical (unpaired) electrons. The van der Waals surface area contributed by atoms with Crippen molar-refractivity contribution in [3.63, 3.8) is 0 Å². The summed E-state index contributed by atoms with van der Waals surface area (Å²) in [6.07, 6.45) is 0. The topological polar surface area (TPSA) is 264 Å². The van der Waals surface area contributed by atoms with Crippen LogP contribution >= 0.6 is 10.2 Å². The second-order valence-electron chi connectivity index (χ2n) is 2.16. The first kappa shape index (κ1) is 42.8. The zero-order valence-corrected chi connectivity index (χ0v) is 11.5. The Labute approximate surface area is 125 Å². The maximum atomic E-state index is 10.5. The monoisotopic (exact) mass is 367 g/mol. The molecule has 0 aliphatic carbocycles. The van der Waals surface area contributed by atoms with Gasteiger partial charge in [0.1, 0.15) is 0 Å². The van der Waals surface area contributed by atoms with Crippen LogP contribution in [0.15, 0.2) is 24.3 Å². The van der Waals surface area contributed by atoms with Gasteiger partial charge in [-0.1, -0.05) is 12.1 Å². The molecule has 0 unspecified atom stereocenters. The summed E-state index contributed by atoms with van der Waals surface area (Å²) in [5.74, 6) is -2.46. The summed E-state index contributed by atoms with van der Waals surface area (Å²) in [4.78, 5) is 20.9. The number of halogens is 1. The Balaban J connectivity index is -0.0000000404. The SMILES string of the molecule is O.O.O.O.O.O.O=C(O)c1ccccc1C(=O)O.[Cl][Ni]. The first-order valence-electron chi connectivity index (χ1n) is 3.30. The van der Waals surface area contributed by atoms with Crippen LogP contribution in [0.5, 0.6) is 0 Å². The molecule has 0 aliphatic heterocycles. The van der Waals surface area contributed by atoms with Gasteiger partial charge in [0, 0.05) is 0 Å². The van der Waals surface area contributed by atoms with Crippen LogP contribution in [0.1, 0.15) is 20.7 Å². The Kier molecular flexibility index (Phi) is 48.9. The number of hydrogen-bond acceptors (Lipinski definition) is 2. The molecule has 1 aromatic rings. The molecule has 0 spiro atoms. The van der Waals surface area contributed by atoms with Crippen LogP contribution in [0, 0.1) is 0 Å². The molecule has 0 saturated heterocycles. The van der Waals surface area contributed by atoms with Crippen molar-refractivity contribution in [1.82, 2.24) is 0 Å². The van der Waals surface area contributed by atoms with Gasteiger partial charge in [-0.15, -0.1) is 0 Å². The van der Waals surface area contributed by atoms with Crippen LogP contribution in [0.4, 0.5) is 0 Å². The fraction of sp³-hybridized carbons (Fsp3) is 0. The summed E-state index contributed by atoms with van der Waals surface area (Å²) < 4.78 is 0. The first-order valence-corrected chi connectivity index (χ1v) is 4.66. The summed E-state index contributed by atoms with van der Waals surface area (Å²) >= 11 is 3.35. The van der Waals surface area contributed by atoms with E-state index in [0.29, 0.717) is 0 Å². The zero-order valence-electron chi connectivity index (χ0n) is 9.71. The molecule has 0 heterocycles. The van der Waals surface area contributed by atoms with Crippen LogP contribution in [0.25, 0.3) is 0 Å². The predicted octanol–water partition coefficient (Wildman–Crippen LogP) is -3.18. The van der Waals surface area contributed by atoms with Crippen molar-refractivity contribution in [2.45, 2.75) is 0 Å². The summed E-state index contributed by atoms with van der Waals surface area (Å²) in [5.41, 5.74) is -0.380. The van der Waals surface area contributed by atoms with Gasteiger partial charge in [0.2, 0.25) is 0 Å². The number of rotatable bonds is 2. The number of aromatic carboxylic acids is 2. The number of carboxylic acids is 2. The van der Waals surface area contributed by atoms with Crippen LogP contribution in [-0.2, 0) is 14.6 Å². The molecule has 0 aromatic heterocycles. The van der Waals surface area contributed by atoms with Crippen LogP contribution in [-0.4, -0.2) is 55.0 Å². The van der Waals surface area contributed by atoms with Gasteiger partial charge in [0.15, 0.2) is 0 Å². The molecule has 14 N–H and O–H groups in total. The normalized spacial score (nSPS) is 5.95. The van der Waals surface area contributed by atoms with E-state index in [1.54, 1.807) is 0 Å². The van der Waals surface area contributed by atoms with E-state index < -0.39 is 11.9 Å². The standard InChI is InChI=1S/C8H6O4.ClH.Ni.6H2O/c9-7(10)5-3-1-2-4-6(5)8(11)12;;;;;;;;/h1-4H,(H,9,10)(H,11,12);1H;;6*1H2/q;;+1;;;;;;/p-1. The van der Waals surface area contributed by atoms with Gasteiger partial charge < -0.3 is 43.1 Å². The predicted molar refractivity (Wildman–Crippen MR) is 67.9 cm³/mol. The average Bonchev–Trinajstić information content (AvgIpc) is 2.20. The molecule has 0 atom stereocenters. The van der Waals surface area contributed by atoms with Gasteiger partial charge in [-0.2, -0.15) is 0 Å². The Morgan fingerprint density at radius 2 is 0.950 bits per heavy atom. The molecule has 0 amide bonds. The molecule has 1 aromatic carbocycles. The summed E-state index contributed by atoms with van der Waals surface area (Å²) in [6.45, 7) is 0. The quantitative estimate of drug-likeness (QED) is 0.511. The maximum absolute atomic E-state index is 10.5. The van der Waals surface area contributed by atoms with E-state index in [-0.39, 0.29) is 44.0 Å². The molecule has 0 fully saturated rings. The van der Waals surface area contributed by atoms with Gasteiger partial charge >= 0.3 is 36.7 Å². The van der Waals surface area contributed by atoms with E-state index >= 15 is 0 Å². The summed E-state index contributed by atoms with van der Waals surface area (Å²) in [7, 11) is 4.26. The molecule has 10 nitrogen and oxygen atoms in total. The number of carbonyl (C=O) groups is 2. The van der Waals surface area contributed by atoms with Crippen LogP contribution < -0.4 is 0 Å². The summed E-state index contributed by atoms with van der Waals surface area (Å²) in [5, 5.41) is 17.1. The van der Waals surface area contributed by atoms with Crippen molar-refractivity contribution in [3.8, 4) is 0 Å². The van der Waals surface area contributed by atoms with Crippen molar-refractivity contribution in [3.05, 3.63) is 35.4 Å². The molecular formula is C8H18ClNiO10. The van der Waals surface area contributed by atoms with Gasteiger partial charge in [0.25, 0.3) is 0 Å². The molecular weight excluding hydrogens is 350 g/mol. The molecule has 0 bridgehead atoms. The minimum atomic E-state index is -1.23. The number of hydrogen-bond donors (Lipinski definition) is 2. The molecule has 1 rings (SSSR count). The van der Waals surface area contributed by atoms with Crippen molar-refractivity contribution < 1.29 is 67.2 Å². The summed E-state index contributed by atoms with van der Waals surface area (Å²) in [6, 6.07) is 5.48. The van der Waals surface area contributed by atoms with Gasteiger partial charge in [0.05, 0.1) is 11.1 Å². The van der Waals surface area contributed by atoms with Gasteiger partial charge in [-0.05, 0) is 12.1 Å². The number of benzene rings is 1. The van der Waals surface area contributed by atoms with E-state index in [0.717, 1.165) is 0 Å². The second kappa shape index (κ2) is 22.8. The van der Waals surface area contributed by atoms with Crippen molar-refractivity contribution >= 4 is 22.1 Å². The first-order chi connectivity index (χ1) is 6.63. The Bertz CT molecular complexity index is 315. The third-order valence-electron chi connectivity index (χ3n) is 1.39. The Morgan fingerprint density at radius 3 is 1.10 bits per heavy atom. The number of carboxylic acid groups (broad SMARTS) is 2. The fourth-order valence-corrected chi connectivity index (χ4v) is 0.856. The molecule has 127 valence electrons. The second-order valence-corrected chi connectivity index (χ2v) is 2.16. The third kappa shape index (κ3) is 13.1. The molecule has 0 saturated carbocycles. The Morgan fingerprint density at radius 1 is 0.750 bits per heavy atom. The van der Waals surface area contributed by atoms with Crippen molar-refractivity contribution in [2.24, 2.45) is 0 Å². The third-order valence-corrected chi connectivity index (χ3v) is 1.39. The van der Waals surface area contributed by atoms with Crippen LogP contribution in [0.3, 0.4) is 0 Å². The van der Waals surface area contributed by atoms with Crippen molar-refractivity contribution in [1.29, 1.82) is 0 Å². The van der Waals surface area contributed by atoms with Gasteiger partial charge in [-0.3, -0.25) is 0 Å². The van der Waals surface area contributed by atoms with Crippen molar-refractivity contribution in [2.75, 3.05) is 0 Å². The average molecular weight is 368 g/mol. The zero-order chi connectivity index (χ0) is 11.1.